The Balaban J connectivity index is 2.96. The Morgan fingerprint density at radius 2 is 2.27 bits per heavy atom. The van der Waals surface area contributed by atoms with E-state index in [-0.39, 0.29) is 23.8 Å². The number of nitrogens with two attached hydrogens (primary N) is 1. The van der Waals surface area contributed by atoms with E-state index in [9.17, 15) is 9.59 Å². The molecule has 0 spiro atoms. The number of carbonyl (C=O) groups is 2. The number of amides is 1. The Kier molecular flexibility index (Phi) is 6.49. The van der Waals surface area contributed by atoms with Gasteiger partial charge in [0.15, 0.2) is 6.29 Å². The van der Waals surface area contributed by atoms with Crippen LogP contribution in [0, 0.1) is 0 Å². The average molecular weight is 303 g/mol. The molecule has 1 aromatic heterocycles. The maximum absolute atomic E-state index is 11.3. The van der Waals surface area contributed by atoms with Crippen molar-refractivity contribution in [3.63, 3.8) is 0 Å². The van der Waals surface area contributed by atoms with Crippen molar-refractivity contribution in [2.45, 2.75) is 13.5 Å². The van der Waals surface area contributed by atoms with Gasteiger partial charge < -0.3 is 15.2 Å². The summed E-state index contributed by atoms with van der Waals surface area (Å²) >= 11 is 0. The first-order chi connectivity index (χ1) is 10.5. The number of carbonyl (C=O) groups excluding carboxylic acids is 2. The minimum atomic E-state index is -0.645. The number of hydrogen-bond acceptors (Lipinski definition) is 6. The molecular formula is C15H17N3O4. The standard InChI is InChI=1S/C15H17N3O4/c1-10(12(8-19)7-13(17-2)21-3)22-9-11-5-4-6-18-14(11)15(16)20/h4-8H,2,9H2,1,3H3,(H2,16,20)/b12-10-,13-7+. The molecule has 7 nitrogen and oxygen atoms in total. The summed E-state index contributed by atoms with van der Waals surface area (Å²) in [6.45, 7) is 4.98. The van der Waals surface area contributed by atoms with Crippen LogP contribution >= 0.6 is 0 Å². The molecule has 1 heterocycles. The Morgan fingerprint density at radius 3 is 2.82 bits per heavy atom. The maximum Gasteiger partial charge on any atom is 0.267 e. The van der Waals surface area contributed by atoms with Crippen LogP contribution in [0.25, 0.3) is 0 Å². The molecule has 116 valence electrons. The number of nitrogens with zero attached hydrogens (tertiary/aromatic N) is 2. The Bertz CT molecular complexity index is 635. The van der Waals surface area contributed by atoms with Gasteiger partial charge in [-0.05, 0) is 19.7 Å². The lowest BCUT2D eigenvalue weighted by Crippen LogP contribution is -2.16. The number of aldehydes is 1. The minimum absolute atomic E-state index is 0.0486. The number of aliphatic imine (C=N–C) groups is 1. The Labute approximate surface area is 128 Å². The molecule has 1 rings (SSSR count). The van der Waals surface area contributed by atoms with Gasteiger partial charge in [-0.2, -0.15) is 0 Å². The van der Waals surface area contributed by atoms with Crippen LogP contribution in [0.4, 0.5) is 0 Å². The van der Waals surface area contributed by atoms with Crippen LogP contribution in [0.1, 0.15) is 23.0 Å². The van der Waals surface area contributed by atoms with Crippen LogP contribution < -0.4 is 5.73 Å². The van der Waals surface area contributed by atoms with Gasteiger partial charge in [-0.25, -0.2) is 4.99 Å². The first-order valence-electron chi connectivity index (χ1n) is 6.28. The second kappa shape index (κ2) is 8.35. The van der Waals surface area contributed by atoms with Crippen LogP contribution in [-0.4, -0.2) is 31.0 Å². The molecule has 0 aliphatic carbocycles. The fraction of sp³-hybridized carbons (Fsp3) is 0.200. The Hall–Kier alpha value is -2.96. The van der Waals surface area contributed by atoms with E-state index in [0.717, 1.165) is 0 Å². The molecule has 0 aromatic carbocycles. The highest BCUT2D eigenvalue weighted by Crippen LogP contribution is 2.13. The fourth-order valence-corrected chi connectivity index (χ4v) is 1.57. The first kappa shape index (κ1) is 17.1. The molecule has 0 aliphatic heterocycles. The lowest BCUT2D eigenvalue weighted by molar-refractivity contribution is -0.104. The molecule has 22 heavy (non-hydrogen) atoms. The Morgan fingerprint density at radius 1 is 1.55 bits per heavy atom. The zero-order chi connectivity index (χ0) is 16.5. The van der Waals surface area contributed by atoms with Crippen LogP contribution in [0.15, 0.2) is 46.6 Å². The van der Waals surface area contributed by atoms with Gasteiger partial charge in [0, 0.05) is 17.8 Å². The zero-order valence-corrected chi connectivity index (χ0v) is 12.4. The van der Waals surface area contributed by atoms with Crippen LogP contribution in [0.3, 0.4) is 0 Å². The quantitative estimate of drug-likeness (QED) is 0.257. The van der Waals surface area contributed by atoms with E-state index in [2.05, 4.69) is 16.7 Å². The smallest absolute Gasteiger partial charge is 0.267 e. The van der Waals surface area contributed by atoms with E-state index in [1.54, 1.807) is 19.1 Å². The molecule has 2 N–H and O–H groups in total. The normalized spacial score (nSPS) is 12.2. The minimum Gasteiger partial charge on any atom is -0.493 e. The number of hydrogen-bond donors (Lipinski definition) is 1. The van der Waals surface area contributed by atoms with Crippen molar-refractivity contribution in [2.75, 3.05) is 7.11 Å². The van der Waals surface area contributed by atoms with Crippen molar-refractivity contribution in [1.82, 2.24) is 4.98 Å². The summed E-state index contributed by atoms with van der Waals surface area (Å²) in [4.78, 5) is 29.9. The highest BCUT2D eigenvalue weighted by Gasteiger charge is 2.10. The van der Waals surface area contributed by atoms with Gasteiger partial charge in [0.05, 0.1) is 12.7 Å². The highest BCUT2D eigenvalue weighted by atomic mass is 16.5. The maximum atomic E-state index is 11.3. The predicted octanol–water partition coefficient (Wildman–Crippen LogP) is 1.36. The second-order valence-electron chi connectivity index (χ2n) is 4.14. The van der Waals surface area contributed by atoms with Gasteiger partial charge >= 0.3 is 0 Å². The van der Waals surface area contributed by atoms with Crippen molar-refractivity contribution < 1.29 is 19.1 Å². The van der Waals surface area contributed by atoms with Gasteiger partial charge in [0.2, 0.25) is 5.88 Å². The van der Waals surface area contributed by atoms with E-state index in [0.29, 0.717) is 17.6 Å². The van der Waals surface area contributed by atoms with Gasteiger partial charge in [0.1, 0.15) is 18.1 Å². The molecule has 0 fully saturated rings. The van der Waals surface area contributed by atoms with E-state index >= 15 is 0 Å². The summed E-state index contributed by atoms with van der Waals surface area (Å²) < 4.78 is 10.4. The van der Waals surface area contributed by atoms with Crippen LogP contribution in [0.2, 0.25) is 0 Å². The molecule has 0 atom stereocenters. The van der Waals surface area contributed by atoms with Gasteiger partial charge in [0.25, 0.3) is 5.91 Å². The number of rotatable bonds is 8. The van der Waals surface area contributed by atoms with Gasteiger partial charge in [-0.1, -0.05) is 6.07 Å². The summed E-state index contributed by atoms with van der Waals surface area (Å²) in [5.41, 5.74) is 6.14. The first-order valence-corrected chi connectivity index (χ1v) is 6.28. The van der Waals surface area contributed by atoms with E-state index < -0.39 is 5.91 Å². The summed E-state index contributed by atoms with van der Waals surface area (Å²) in [5, 5.41) is 0. The van der Waals surface area contributed by atoms with Crippen LogP contribution in [-0.2, 0) is 20.9 Å². The fourth-order valence-electron chi connectivity index (χ4n) is 1.57. The van der Waals surface area contributed by atoms with Crippen LogP contribution in [0.5, 0.6) is 0 Å². The number of ether oxygens (including phenoxy) is 2. The van der Waals surface area contributed by atoms with Crippen molar-refractivity contribution in [2.24, 2.45) is 10.7 Å². The summed E-state index contributed by atoms with van der Waals surface area (Å²) in [7, 11) is 1.41. The molecule has 1 amide bonds. The van der Waals surface area contributed by atoms with Gasteiger partial charge in [-0.15, -0.1) is 0 Å². The highest BCUT2D eigenvalue weighted by molar-refractivity contribution is 5.92. The number of methoxy groups -OCH3 is 1. The van der Waals surface area contributed by atoms with E-state index in [1.807, 2.05) is 0 Å². The molecule has 1 aromatic rings. The third-order valence-electron chi connectivity index (χ3n) is 2.75. The molecule has 0 saturated carbocycles. The van der Waals surface area contributed by atoms with Crippen molar-refractivity contribution in [3.8, 4) is 0 Å². The lowest BCUT2D eigenvalue weighted by Gasteiger charge is -2.10. The van der Waals surface area contributed by atoms with Crippen molar-refractivity contribution in [3.05, 3.63) is 52.9 Å². The molecule has 0 radical (unpaired) electrons. The third kappa shape index (κ3) is 4.55. The number of pyridine rings is 1. The zero-order valence-electron chi connectivity index (χ0n) is 12.4. The number of primary amides is 1. The van der Waals surface area contributed by atoms with E-state index in [4.69, 9.17) is 15.2 Å². The summed E-state index contributed by atoms with van der Waals surface area (Å²) in [6.07, 6.45) is 3.47. The predicted molar refractivity (Wildman–Crippen MR) is 80.9 cm³/mol. The molecule has 0 aliphatic rings. The molecular weight excluding hydrogens is 286 g/mol. The average Bonchev–Trinajstić information content (AvgIpc) is 2.54. The summed E-state index contributed by atoms with van der Waals surface area (Å²) in [6, 6.07) is 3.33. The SMILES string of the molecule is C=N/C(=C\C(C=O)=C(/C)OCc1cccnc1C(N)=O)OC. The molecule has 7 heteroatoms. The lowest BCUT2D eigenvalue weighted by atomic mass is 10.2. The molecule has 0 unspecified atom stereocenters. The second-order valence-corrected chi connectivity index (χ2v) is 4.14. The van der Waals surface area contributed by atoms with E-state index in [1.165, 1.54) is 19.4 Å². The monoisotopic (exact) mass is 303 g/mol. The molecule has 0 bridgehead atoms. The third-order valence-corrected chi connectivity index (χ3v) is 2.75. The largest absolute Gasteiger partial charge is 0.493 e. The number of allylic oxidation sites excluding steroid dienone is 3. The summed E-state index contributed by atoms with van der Waals surface area (Å²) in [5.74, 6) is -0.120. The topological polar surface area (TPSA) is 104 Å². The number of aromatic nitrogens is 1. The molecule has 0 saturated heterocycles. The van der Waals surface area contributed by atoms with Crippen molar-refractivity contribution in [1.29, 1.82) is 0 Å². The van der Waals surface area contributed by atoms with Crippen molar-refractivity contribution >= 4 is 18.9 Å². The van der Waals surface area contributed by atoms with Gasteiger partial charge in [-0.3, -0.25) is 14.6 Å².